The Hall–Kier alpha value is -0.820. The standard InChI is InChI=1S/C17H23ClO/c1-16(2)9-10-17(3,4)14-11-12(5-7-13(14)16)6-8-15(18)19/h5,7,11H,6,8-10H2,1-4H3. The summed E-state index contributed by atoms with van der Waals surface area (Å²) in [5, 5.41) is -0.252. The molecule has 0 heterocycles. The van der Waals surface area contributed by atoms with Gasteiger partial charge in [-0.15, -0.1) is 0 Å². The predicted octanol–water partition coefficient (Wildman–Crippen LogP) is 4.73. The van der Waals surface area contributed by atoms with Crippen molar-refractivity contribution in [3.8, 4) is 0 Å². The summed E-state index contributed by atoms with van der Waals surface area (Å²) in [6.45, 7) is 9.28. The van der Waals surface area contributed by atoms with Crippen LogP contribution in [0.25, 0.3) is 0 Å². The summed E-state index contributed by atoms with van der Waals surface area (Å²) in [7, 11) is 0. The zero-order chi connectivity index (χ0) is 14.3. The van der Waals surface area contributed by atoms with E-state index in [0.717, 1.165) is 6.42 Å². The smallest absolute Gasteiger partial charge is 0.221 e. The molecule has 1 aromatic carbocycles. The second kappa shape index (κ2) is 4.94. The quantitative estimate of drug-likeness (QED) is 0.730. The van der Waals surface area contributed by atoms with E-state index in [0.29, 0.717) is 6.42 Å². The Labute approximate surface area is 121 Å². The minimum atomic E-state index is -0.252. The van der Waals surface area contributed by atoms with Gasteiger partial charge in [-0.1, -0.05) is 45.9 Å². The number of aryl methyl sites for hydroxylation is 1. The van der Waals surface area contributed by atoms with Crippen molar-refractivity contribution in [3.63, 3.8) is 0 Å². The molecule has 1 aliphatic carbocycles. The van der Waals surface area contributed by atoms with Gasteiger partial charge in [0.15, 0.2) is 0 Å². The van der Waals surface area contributed by atoms with Crippen LogP contribution in [0.5, 0.6) is 0 Å². The van der Waals surface area contributed by atoms with Crippen LogP contribution in [-0.4, -0.2) is 5.24 Å². The Bertz CT molecular complexity index is 500. The Morgan fingerprint density at radius 2 is 1.68 bits per heavy atom. The highest BCUT2D eigenvalue weighted by molar-refractivity contribution is 6.63. The third-order valence-electron chi connectivity index (χ3n) is 4.53. The Kier molecular flexibility index (Phi) is 3.79. The van der Waals surface area contributed by atoms with Gasteiger partial charge in [0.2, 0.25) is 5.24 Å². The van der Waals surface area contributed by atoms with Crippen molar-refractivity contribution in [1.82, 2.24) is 0 Å². The molecule has 0 unspecified atom stereocenters. The predicted molar refractivity (Wildman–Crippen MR) is 80.9 cm³/mol. The highest BCUT2D eigenvalue weighted by atomic mass is 35.5. The number of hydrogen-bond acceptors (Lipinski definition) is 1. The zero-order valence-electron chi connectivity index (χ0n) is 12.3. The second-order valence-electron chi connectivity index (χ2n) is 7.00. The number of rotatable bonds is 3. The van der Waals surface area contributed by atoms with Crippen molar-refractivity contribution in [2.24, 2.45) is 0 Å². The molecule has 0 atom stereocenters. The van der Waals surface area contributed by atoms with Crippen molar-refractivity contribution >= 4 is 16.8 Å². The number of carbonyl (C=O) groups excluding carboxylic acids is 1. The molecule has 2 rings (SSSR count). The molecule has 1 aliphatic rings. The van der Waals surface area contributed by atoms with E-state index in [9.17, 15) is 4.79 Å². The van der Waals surface area contributed by atoms with Gasteiger partial charge < -0.3 is 0 Å². The molecule has 1 aromatic rings. The van der Waals surface area contributed by atoms with Crippen LogP contribution in [0.2, 0.25) is 0 Å². The van der Waals surface area contributed by atoms with E-state index in [4.69, 9.17) is 11.6 Å². The summed E-state index contributed by atoms with van der Waals surface area (Å²) in [4.78, 5) is 10.9. The van der Waals surface area contributed by atoms with Crippen LogP contribution in [0.1, 0.15) is 63.6 Å². The Morgan fingerprint density at radius 1 is 1.11 bits per heavy atom. The van der Waals surface area contributed by atoms with Crippen LogP contribution < -0.4 is 0 Å². The lowest BCUT2D eigenvalue weighted by Crippen LogP contribution is -2.33. The van der Waals surface area contributed by atoms with Gasteiger partial charge in [0.1, 0.15) is 0 Å². The van der Waals surface area contributed by atoms with E-state index in [1.807, 2.05) is 0 Å². The van der Waals surface area contributed by atoms with Crippen molar-refractivity contribution in [3.05, 3.63) is 34.9 Å². The molecule has 0 fully saturated rings. The molecule has 0 aliphatic heterocycles. The monoisotopic (exact) mass is 278 g/mol. The maximum Gasteiger partial charge on any atom is 0.221 e. The minimum Gasteiger partial charge on any atom is -0.281 e. The summed E-state index contributed by atoms with van der Waals surface area (Å²) < 4.78 is 0. The van der Waals surface area contributed by atoms with Gasteiger partial charge in [0, 0.05) is 6.42 Å². The van der Waals surface area contributed by atoms with Crippen LogP contribution in [0.4, 0.5) is 0 Å². The van der Waals surface area contributed by atoms with E-state index in [1.54, 1.807) is 0 Å². The third kappa shape index (κ3) is 3.02. The molecule has 104 valence electrons. The molecule has 0 saturated carbocycles. The number of benzene rings is 1. The summed E-state index contributed by atoms with van der Waals surface area (Å²) in [6, 6.07) is 6.70. The van der Waals surface area contributed by atoms with Crippen molar-refractivity contribution < 1.29 is 4.79 Å². The van der Waals surface area contributed by atoms with Gasteiger partial charge in [-0.2, -0.15) is 0 Å². The molecule has 0 amide bonds. The maximum absolute atomic E-state index is 10.9. The minimum absolute atomic E-state index is 0.228. The normalized spacial score (nSPS) is 19.8. The van der Waals surface area contributed by atoms with Gasteiger partial charge in [-0.05, 0) is 58.4 Å². The first-order valence-corrected chi connectivity index (χ1v) is 7.42. The summed E-state index contributed by atoms with van der Waals surface area (Å²) in [6.07, 6.45) is 3.60. The molecular formula is C17H23ClO. The number of fused-ring (bicyclic) bond motifs is 1. The van der Waals surface area contributed by atoms with E-state index in [2.05, 4.69) is 45.9 Å². The molecule has 0 spiro atoms. The first-order chi connectivity index (χ1) is 8.72. The highest BCUT2D eigenvalue weighted by Crippen LogP contribution is 2.45. The number of halogens is 1. The molecule has 0 aromatic heterocycles. The Morgan fingerprint density at radius 3 is 2.26 bits per heavy atom. The summed E-state index contributed by atoms with van der Waals surface area (Å²) in [5.41, 5.74) is 4.61. The lowest BCUT2D eigenvalue weighted by Gasteiger charge is -2.42. The van der Waals surface area contributed by atoms with Crippen molar-refractivity contribution in [2.45, 2.75) is 64.2 Å². The fourth-order valence-corrected chi connectivity index (χ4v) is 3.13. The summed E-state index contributed by atoms with van der Waals surface area (Å²) >= 11 is 5.43. The lowest BCUT2D eigenvalue weighted by molar-refractivity contribution is -0.111. The molecule has 0 N–H and O–H groups in total. The maximum atomic E-state index is 10.9. The van der Waals surface area contributed by atoms with Crippen molar-refractivity contribution in [1.29, 1.82) is 0 Å². The first kappa shape index (κ1) is 14.6. The fourth-order valence-electron chi connectivity index (χ4n) is 3.03. The third-order valence-corrected chi connectivity index (χ3v) is 4.72. The lowest BCUT2D eigenvalue weighted by atomic mass is 9.63. The first-order valence-electron chi connectivity index (χ1n) is 7.05. The molecule has 0 radical (unpaired) electrons. The molecular weight excluding hydrogens is 256 g/mol. The van der Waals surface area contributed by atoms with Crippen LogP contribution >= 0.6 is 11.6 Å². The van der Waals surface area contributed by atoms with E-state index >= 15 is 0 Å². The average molecular weight is 279 g/mol. The molecule has 19 heavy (non-hydrogen) atoms. The molecule has 1 nitrogen and oxygen atoms in total. The SMILES string of the molecule is CC1(C)CCC(C)(C)c2cc(CCC(=O)Cl)ccc21. The molecule has 2 heteroatoms. The van der Waals surface area contributed by atoms with Gasteiger partial charge in [-0.3, -0.25) is 4.79 Å². The Balaban J connectivity index is 2.39. The van der Waals surface area contributed by atoms with Crippen LogP contribution in [-0.2, 0) is 22.0 Å². The van der Waals surface area contributed by atoms with Gasteiger partial charge in [0.25, 0.3) is 0 Å². The molecule has 0 bridgehead atoms. The van der Waals surface area contributed by atoms with E-state index in [1.165, 1.54) is 29.5 Å². The highest BCUT2D eigenvalue weighted by Gasteiger charge is 2.36. The van der Waals surface area contributed by atoms with Gasteiger partial charge in [-0.25, -0.2) is 0 Å². The van der Waals surface area contributed by atoms with Crippen molar-refractivity contribution in [2.75, 3.05) is 0 Å². The molecule has 0 saturated heterocycles. The zero-order valence-corrected chi connectivity index (χ0v) is 13.1. The van der Waals surface area contributed by atoms with Crippen LogP contribution in [0.15, 0.2) is 18.2 Å². The number of carbonyl (C=O) groups is 1. The van der Waals surface area contributed by atoms with E-state index < -0.39 is 0 Å². The second-order valence-corrected chi connectivity index (χ2v) is 7.42. The van der Waals surface area contributed by atoms with Crippen LogP contribution in [0.3, 0.4) is 0 Å². The number of hydrogen-bond donors (Lipinski definition) is 0. The topological polar surface area (TPSA) is 17.1 Å². The largest absolute Gasteiger partial charge is 0.281 e. The van der Waals surface area contributed by atoms with Gasteiger partial charge >= 0.3 is 0 Å². The van der Waals surface area contributed by atoms with Crippen LogP contribution in [0, 0.1) is 0 Å². The summed E-state index contributed by atoms with van der Waals surface area (Å²) in [5.74, 6) is 0. The average Bonchev–Trinajstić information content (AvgIpc) is 2.32. The van der Waals surface area contributed by atoms with E-state index in [-0.39, 0.29) is 16.1 Å². The fraction of sp³-hybridized carbons (Fsp3) is 0.588. The van der Waals surface area contributed by atoms with Gasteiger partial charge in [0.05, 0.1) is 0 Å².